The smallest absolute Gasteiger partial charge is 0.373 e. The van der Waals surface area contributed by atoms with E-state index in [-0.39, 0.29) is 17.9 Å². The van der Waals surface area contributed by atoms with Gasteiger partial charge in [-0.3, -0.25) is 4.90 Å². The molecule has 0 bridgehead atoms. The normalized spacial score (nSPS) is 24.1. The minimum absolute atomic E-state index is 0.0567. The lowest BCUT2D eigenvalue weighted by Crippen LogP contribution is -2.31. The number of methoxy groups -OCH3 is 1. The van der Waals surface area contributed by atoms with E-state index in [1.807, 2.05) is 14.0 Å². The molecule has 0 aromatic carbocycles. The maximum absolute atomic E-state index is 11.4. The lowest BCUT2D eigenvalue weighted by molar-refractivity contribution is 0.0557. The van der Waals surface area contributed by atoms with E-state index < -0.39 is 5.97 Å². The van der Waals surface area contributed by atoms with Crippen molar-refractivity contribution in [2.24, 2.45) is 5.92 Å². The van der Waals surface area contributed by atoms with Gasteiger partial charge in [-0.05, 0) is 44.9 Å². The minimum atomic E-state index is -0.461. The van der Waals surface area contributed by atoms with Crippen LogP contribution in [0.3, 0.4) is 0 Å². The molecule has 0 aliphatic heterocycles. The summed E-state index contributed by atoms with van der Waals surface area (Å²) in [7, 11) is 3.34. The van der Waals surface area contributed by atoms with Gasteiger partial charge in [0.2, 0.25) is 5.76 Å². The highest BCUT2D eigenvalue weighted by molar-refractivity contribution is 5.86. The Hall–Kier alpha value is -1.33. The molecular formula is C15H23NO4. The Bertz CT molecular complexity index is 456. The van der Waals surface area contributed by atoms with E-state index in [0.717, 1.165) is 31.6 Å². The van der Waals surface area contributed by atoms with E-state index in [2.05, 4.69) is 9.64 Å². The van der Waals surface area contributed by atoms with Gasteiger partial charge in [0.05, 0.1) is 19.3 Å². The zero-order valence-electron chi connectivity index (χ0n) is 12.3. The van der Waals surface area contributed by atoms with Crippen LogP contribution in [0.1, 0.15) is 48.5 Å². The van der Waals surface area contributed by atoms with Crippen molar-refractivity contribution in [1.82, 2.24) is 4.90 Å². The largest absolute Gasteiger partial charge is 0.463 e. The van der Waals surface area contributed by atoms with Crippen LogP contribution >= 0.6 is 0 Å². The molecule has 1 fully saturated rings. The lowest BCUT2D eigenvalue weighted by Gasteiger charge is -2.27. The number of hydrogen-bond donors (Lipinski definition) is 1. The number of rotatable bonds is 5. The number of carbonyl (C=O) groups excluding carboxylic acids is 1. The molecule has 5 nitrogen and oxygen atoms in total. The fraction of sp³-hybridized carbons (Fsp3) is 0.667. The van der Waals surface area contributed by atoms with Crippen molar-refractivity contribution >= 4 is 5.97 Å². The van der Waals surface area contributed by atoms with Crippen molar-refractivity contribution in [2.75, 3.05) is 20.7 Å². The fourth-order valence-corrected chi connectivity index (χ4v) is 2.76. The van der Waals surface area contributed by atoms with Crippen molar-refractivity contribution in [1.29, 1.82) is 0 Å². The Morgan fingerprint density at radius 3 is 2.90 bits per heavy atom. The van der Waals surface area contributed by atoms with Gasteiger partial charge in [-0.2, -0.15) is 0 Å². The molecule has 2 rings (SSSR count). The summed E-state index contributed by atoms with van der Waals surface area (Å²) in [6, 6.07) is 3.50. The molecule has 0 radical (unpaired) electrons. The molecule has 1 heterocycles. The molecule has 1 aliphatic rings. The van der Waals surface area contributed by atoms with Gasteiger partial charge in [0.25, 0.3) is 0 Å². The third kappa shape index (κ3) is 3.22. The van der Waals surface area contributed by atoms with E-state index in [1.165, 1.54) is 7.11 Å². The van der Waals surface area contributed by atoms with Gasteiger partial charge in [0.15, 0.2) is 0 Å². The van der Waals surface area contributed by atoms with Crippen molar-refractivity contribution in [3.8, 4) is 0 Å². The SMILES string of the molecule is COC(=O)c1ccc([C@H](C)N(C)C[C@H]2CCC[C@H]2O)o1. The monoisotopic (exact) mass is 281 g/mol. The van der Waals surface area contributed by atoms with Crippen molar-refractivity contribution in [3.63, 3.8) is 0 Å². The zero-order chi connectivity index (χ0) is 14.7. The van der Waals surface area contributed by atoms with E-state index in [4.69, 9.17) is 4.42 Å². The second kappa shape index (κ2) is 6.41. The predicted molar refractivity (Wildman–Crippen MR) is 74.4 cm³/mol. The van der Waals surface area contributed by atoms with E-state index in [9.17, 15) is 9.90 Å². The number of aliphatic hydroxyl groups excluding tert-OH is 1. The van der Waals surface area contributed by atoms with Gasteiger partial charge < -0.3 is 14.3 Å². The van der Waals surface area contributed by atoms with Crippen LogP contribution in [0, 0.1) is 5.92 Å². The van der Waals surface area contributed by atoms with Crippen molar-refractivity contribution in [3.05, 3.63) is 23.7 Å². The van der Waals surface area contributed by atoms with Crippen LogP contribution in [-0.4, -0.2) is 42.8 Å². The summed E-state index contributed by atoms with van der Waals surface area (Å²) >= 11 is 0. The highest BCUT2D eigenvalue weighted by atomic mass is 16.5. The summed E-state index contributed by atoms with van der Waals surface area (Å²) in [5, 5.41) is 9.89. The minimum Gasteiger partial charge on any atom is -0.463 e. The molecule has 1 saturated carbocycles. The first-order chi connectivity index (χ1) is 9.52. The highest BCUT2D eigenvalue weighted by Crippen LogP contribution is 2.29. The fourth-order valence-electron chi connectivity index (χ4n) is 2.76. The lowest BCUT2D eigenvalue weighted by atomic mass is 10.0. The van der Waals surface area contributed by atoms with Crippen LogP contribution in [0.15, 0.2) is 16.5 Å². The van der Waals surface area contributed by atoms with Crippen LogP contribution in [-0.2, 0) is 4.74 Å². The number of hydrogen-bond acceptors (Lipinski definition) is 5. The standard InChI is InChI=1S/C15H23NO4/c1-10(13-7-8-14(20-13)15(18)19-3)16(2)9-11-5-4-6-12(11)17/h7-8,10-12,17H,4-6,9H2,1-3H3/t10-,11+,12+/m0/s1. The van der Waals surface area contributed by atoms with Gasteiger partial charge in [0.1, 0.15) is 5.76 Å². The molecule has 1 aromatic heterocycles. The van der Waals surface area contributed by atoms with E-state index in [0.29, 0.717) is 5.92 Å². The van der Waals surface area contributed by atoms with Crippen LogP contribution in [0.4, 0.5) is 0 Å². The molecule has 0 unspecified atom stereocenters. The first-order valence-electron chi connectivity index (χ1n) is 7.09. The first-order valence-corrected chi connectivity index (χ1v) is 7.09. The molecule has 0 amide bonds. The molecule has 112 valence electrons. The number of aliphatic hydroxyl groups is 1. The summed E-state index contributed by atoms with van der Waals surface area (Å²) in [4.78, 5) is 13.5. The summed E-state index contributed by atoms with van der Waals surface area (Å²) in [5.74, 6) is 0.832. The first kappa shape index (κ1) is 15.1. The topological polar surface area (TPSA) is 62.9 Å². The third-order valence-electron chi connectivity index (χ3n) is 4.23. The van der Waals surface area contributed by atoms with E-state index >= 15 is 0 Å². The summed E-state index contributed by atoms with van der Waals surface area (Å²) in [6.45, 7) is 2.86. The number of ether oxygens (including phenoxy) is 1. The Morgan fingerprint density at radius 1 is 1.55 bits per heavy atom. The Labute approximate surface area is 119 Å². The number of nitrogens with zero attached hydrogens (tertiary/aromatic N) is 1. The zero-order valence-corrected chi connectivity index (χ0v) is 12.3. The molecular weight excluding hydrogens is 258 g/mol. The van der Waals surface area contributed by atoms with Gasteiger partial charge in [-0.1, -0.05) is 6.42 Å². The van der Waals surface area contributed by atoms with Crippen LogP contribution in [0.5, 0.6) is 0 Å². The summed E-state index contributed by atoms with van der Waals surface area (Å²) in [5.41, 5.74) is 0. The van der Waals surface area contributed by atoms with E-state index in [1.54, 1.807) is 12.1 Å². The highest BCUT2D eigenvalue weighted by Gasteiger charge is 2.28. The van der Waals surface area contributed by atoms with Gasteiger partial charge in [-0.25, -0.2) is 4.79 Å². The predicted octanol–water partition coefficient (Wildman–Crippen LogP) is 2.22. The van der Waals surface area contributed by atoms with Crippen molar-refractivity contribution in [2.45, 2.75) is 38.3 Å². The average Bonchev–Trinajstić information content (AvgIpc) is 3.07. The van der Waals surface area contributed by atoms with Gasteiger partial charge in [-0.15, -0.1) is 0 Å². The molecule has 0 saturated heterocycles. The molecule has 3 atom stereocenters. The summed E-state index contributed by atoms with van der Waals surface area (Å²) in [6.07, 6.45) is 2.89. The Balaban J connectivity index is 1.97. The van der Waals surface area contributed by atoms with Crippen LogP contribution in [0.25, 0.3) is 0 Å². The third-order valence-corrected chi connectivity index (χ3v) is 4.23. The quantitative estimate of drug-likeness (QED) is 0.838. The number of furan rings is 1. The summed E-state index contributed by atoms with van der Waals surface area (Å²) < 4.78 is 10.2. The van der Waals surface area contributed by atoms with Gasteiger partial charge >= 0.3 is 5.97 Å². The van der Waals surface area contributed by atoms with Crippen LogP contribution < -0.4 is 0 Å². The molecule has 5 heteroatoms. The number of esters is 1. The average molecular weight is 281 g/mol. The molecule has 1 N–H and O–H groups in total. The van der Waals surface area contributed by atoms with Crippen LogP contribution in [0.2, 0.25) is 0 Å². The maximum atomic E-state index is 11.4. The molecule has 1 aliphatic carbocycles. The van der Waals surface area contributed by atoms with Gasteiger partial charge in [0, 0.05) is 6.54 Å². The Kier molecular flexibility index (Phi) is 4.83. The van der Waals surface area contributed by atoms with Crippen molar-refractivity contribution < 1.29 is 19.1 Å². The number of carbonyl (C=O) groups is 1. The molecule has 20 heavy (non-hydrogen) atoms. The molecule has 0 spiro atoms. The second-order valence-electron chi connectivity index (χ2n) is 5.57. The Morgan fingerprint density at radius 2 is 2.30 bits per heavy atom. The molecule has 1 aromatic rings. The maximum Gasteiger partial charge on any atom is 0.373 e. The second-order valence-corrected chi connectivity index (χ2v) is 5.57.